The molecule has 1 N–H and O–H groups in total. The van der Waals surface area contributed by atoms with Gasteiger partial charge in [0.25, 0.3) is 0 Å². The Labute approximate surface area is 243 Å². The van der Waals surface area contributed by atoms with Gasteiger partial charge < -0.3 is 19.9 Å². The van der Waals surface area contributed by atoms with Gasteiger partial charge in [-0.05, 0) is 81.7 Å². The maximum Gasteiger partial charge on any atom is 0.416 e. The molecule has 0 bridgehead atoms. The van der Waals surface area contributed by atoms with Gasteiger partial charge in [-0.2, -0.15) is 18.4 Å². The van der Waals surface area contributed by atoms with Crippen molar-refractivity contribution in [3.05, 3.63) is 77.5 Å². The average molecular weight is 578 g/mol. The van der Waals surface area contributed by atoms with Gasteiger partial charge in [-0.15, -0.1) is 0 Å². The number of hydrogen-bond donors (Lipinski definition) is 1. The maximum atomic E-state index is 14.0. The van der Waals surface area contributed by atoms with Crippen molar-refractivity contribution in [1.29, 1.82) is 5.26 Å². The van der Waals surface area contributed by atoms with Gasteiger partial charge in [0.05, 0.1) is 34.5 Å². The van der Waals surface area contributed by atoms with Gasteiger partial charge in [-0.3, -0.25) is 9.78 Å². The van der Waals surface area contributed by atoms with E-state index in [0.29, 0.717) is 38.2 Å². The highest BCUT2D eigenvalue weighted by Gasteiger charge is 2.44. The van der Waals surface area contributed by atoms with Gasteiger partial charge in [0, 0.05) is 37.4 Å². The summed E-state index contributed by atoms with van der Waals surface area (Å²) in [6.45, 7) is 4.93. The van der Waals surface area contributed by atoms with Crippen LogP contribution in [0.15, 0.2) is 60.8 Å². The molecule has 1 atom stereocenters. The fraction of sp³-hybridized carbons (Fsp3) is 0.406. The van der Waals surface area contributed by atoms with Crippen LogP contribution in [-0.4, -0.2) is 61.7 Å². The second kappa shape index (κ2) is 12.0. The molecule has 2 aliphatic heterocycles. The van der Waals surface area contributed by atoms with E-state index in [2.05, 4.69) is 10.2 Å². The lowest BCUT2D eigenvalue weighted by Gasteiger charge is -2.42. The number of alkyl halides is 3. The first-order valence-electron chi connectivity index (χ1n) is 14.2. The third kappa shape index (κ3) is 5.93. The van der Waals surface area contributed by atoms with Gasteiger partial charge in [0.15, 0.2) is 0 Å². The van der Waals surface area contributed by atoms with Crippen molar-refractivity contribution in [1.82, 2.24) is 15.2 Å². The number of carbonyl (C=O) groups is 1. The molecule has 0 saturated carbocycles. The maximum absolute atomic E-state index is 14.0. The predicted molar refractivity (Wildman–Crippen MR) is 154 cm³/mol. The minimum absolute atomic E-state index is 0.0326. The number of benzene rings is 2. The van der Waals surface area contributed by atoms with E-state index in [1.807, 2.05) is 61.3 Å². The van der Waals surface area contributed by atoms with Crippen LogP contribution in [0.2, 0.25) is 0 Å². The Hall–Kier alpha value is -4.10. The Morgan fingerprint density at radius 3 is 2.52 bits per heavy atom. The molecule has 0 unspecified atom stereocenters. The van der Waals surface area contributed by atoms with Crippen LogP contribution in [0.25, 0.3) is 11.3 Å². The summed E-state index contributed by atoms with van der Waals surface area (Å²) in [5.74, 6) is 0.663. The largest absolute Gasteiger partial charge is 0.493 e. The van der Waals surface area contributed by atoms with Crippen LogP contribution < -0.4 is 15.0 Å². The molecule has 2 saturated heterocycles. The Morgan fingerprint density at radius 1 is 1.14 bits per heavy atom. The summed E-state index contributed by atoms with van der Waals surface area (Å²) in [6.07, 6.45) is -1.07. The van der Waals surface area contributed by atoms with Crippen molar-refractivity contribution >= 4 is 11.6 Å². The number of ether oxygens (including phenoxy) is 1. The molecule has 3 aromatic rings. The minimum Gasteiger partial charge on any atom is -0.493 e. The van der Waals surface area contributed by atoms with E-state index in [0.717, 1.165) is 54.2 Å². The van der Waals surface area contributed by atoms with E-state index < -0.39 is 17.2 Å². The normalized spacial score (nSPS) is 18.9. The highest BCUT2D eigenvalue weighted by atomic mass is 19.4. The second-order valence-electron chi connectivity index (χ2n) is 11.0. The number of rotatable bonds is 7. The second-order valence-corrected chi connectivity index (χ2v) is 11.0. The van der Waals surface area contributed by atoms with Crippen LogP contribution >= 0.6 is 0 Å². The van der Waals surface area contributed by atoms with Gasteiger partial charge >= 0.3 is 6.18 Å². The molecule has 2 fully saturated rings. The number of nitriles is 1. The average Bonchev–Trinajstić information content (AvgIpc) is 3.41. The fourth-order valence-electron chi connectivity index (χ4n) is 6.03. The molecule has 1 aromatic heterocycles. The molecule has 0 aliphatic carbocycles. The topological polar surface area (TPSA) is 81.5 Å². The van der Waals surface area contributed by atoms with Crippen LogP contribution in [0.5, 0.6) is 5.75 Å². The predicted octanol–water partition coefficient (Wildman–Crippen LogP) is 5.40. The number of likely N-dealkylation sites (N-methyl/N-ethyl adjacent to an activating group) is 1. The number of anilines is 1. The van der Waals surface area contributed by atoms with Crippen LogP contribution in [0.4, 0.5) is 18.9 Å². The van der Waals surface area contributed by atoms with Gasteiger partial charge in [0.2, 0.25) is 5.91 Å². The smallest absolute Gasteiger partial charge is 0.416 e. The molecule has 5 rings (SSSR count). The number of nitrogens with one attached hydrogen (secondary N) is 1. The lowest BCUT2D eigenvalue weighted by molar-refractivity contribution is -0.137. The molecule has 220 valence electrons. The molecule has 7 nitrogen and oxygen atoms in total. The van der Waals surface area contributed by atoms with Crippen molar-refractivity contribution in [3.63, 3.8) is 0 Å². The zero-order valence-electron chi connectivity index (χ0n) is 23.7. The van der Waals surface area contributed by atoms with Gasteiger partial charge in [-0.1, -0.05) is 18.2 Å². The summed E-state index contributed by atoms with van der Waals surface area (Å²) in [5.41, 5.74) is 1.06. The molecule has 42 heavy (non-hydrogen) atoms. The monoisotopic (exact) mass is 577 g/mol. The molecule has 3 heterocycles. The number of halogens is 3. The molecule has 2 aromatic carbocycles. The summed E-state index contributed by atoms with van der Waals surface area (Å²) in [6, 6.07) is 16.7. The molecule has 10 heteroatoms. The number of nitrogens with zero attached hydrogens (tertiary/aromatic N) is 4. The van der Waals surface area contributed by atoms with E-state index in [1.54, 1.807) is 6.20 Å². The lowest BCUT2D eigenvalue weighted by atomic mass is 9.72. The van der Waals surface area contributed by atoms with Crippen molar-refractivity contribution in [2.75, 3.05) is 44.7 Å². The van der Waals surface area contributed by atoms with Crippen molar-refractivity contribution < 1.29 is 22.7 Å². The molecule has 0 radical (unpaired) electrons. The number of pyridine rings is 1. The van der Waals surface area contributed by atoms with Gasteiger partial charge in [0.1, 0.15) is 11.8 Å². The Kier molecular flexibility index (Phi) is 8.41. The number of aromatic nitrogens is 1. The third-order valence-electron chi connectivity index (χ3n) is 8.34. The van der Waals surface area contributed by atoms with E-state index in [1.165, 1.54) is 6.07 Å². The first-order chi connectivity index (χ1) is 20.1. The summed E-state index contributed by atoms with van der Waals surface area (Å²) in [5, 5.41) is 12.9. The third-order valence-corrected chi connectivity index (χ3v) is 8.34. The highest BCUT2D eigenvalue weighted by molar-refractivity contribution is 5.89. The van der Waals surface area contributed by atoms with Crippen molar-refractivity contribution in [3.8, 4) is 23.1 Å². The Bertz CT molecular complexity index is 1460. The Morgan fingerprint density at radius 2 is 1.90 bits per heavy atom. The number of para-hydroxylation sites is 1. The standard InChI is InChI=1S/C32H34F3N5O2/c1-3-42-29-7-5-4-6-26(29)27-10-8-24(20-37-27)31(30(41)38-25-12-15-39(2)21-25)13-16-40(17-14-31)28-11-9-23(32(33,34)35)18-22(28)19-36/h4-11,18,20,25H,3,12-17,21H2,1-2H3,(H,38,41)/t25-/m0/s1. The molecule has 2 aliphatic rings. The van der Waals surface area contributed by atoms with E-state index in [-0.39, 0.29) is 17.5 Å². The molecule has 0 spiro atoms. The summed E-state index contributed by atoms with van der Waals surface area (Å²) in [7, 11) is 2.03. The molecular formula is C32H34F3N5O2. The number of hydrogen-bond acceptors (Lipinski definition) is 6. The SMILES string of the molecule is CCOc1ccccc1-c1ccc(C2(C(=O)N[C@H]3CCN(C)C3)CCN(c3ccc(C(F)(F)F)cc3C#N)CC2)cn1. The molecule has 1 amide bonds. The van der Waals surface area contributed by atoms with E-state index >= 15 is 0 Å². The number of amides is 1. The highest BCUT2D eigenvalue weighted by Crippen LogP contribution is 2.40. The molecular weight excluding hydrogens is 543 g/mol. The van der Waals surface area contributed by atoms with Crippen molar-refractivity contribution in [2.45, 2.75) is 43.8 Å². The van der Waals surface area contributed by atoms with Crippen molar-refractivity contribution in [2.24, 2.45) is 0 Å². The van der Waals surface area contributed by atoms with Crippen LogP contribution in [-0.2, 0) is 16.4 Å². The number of likely N-dealkylation sites (tertiary alicyclic amines) is 1. The van der Waals surface area contributed by atoms with Crippen LogP contribution in [0.3, 0.4) is 0 Å². The Balaban J connectivity index is 1.44. The first kappa shape index (κ1) is 29.4. The number of carbonyl (C=O) groups excluding carboxylic acids is 1. The zero-order valence-corrected chi connectivity index (χ0v) is 23.7. The van der Waals surface area contributed by atoms with Crippen LogP contribution in [0, 0.1) is 11.3 Å². The minimum atomic E-state index is -4.53. The summed E-state index contributed by atoms with van der Waals surface area (Å²) in [4.78, 5) is 22.8. The first-order valence-corrected chi connectivity index (χ1v) is 14.2. The number of piperidine rings is 1. The zero-order chi connectivity index (χ0) is 29.9. The van der Waals surface area contributed by atoms with E-state index in [4.69, 9.17) is 9.72 Å². The van der Waals surface area contributed by atoms with Gasteiger partial charge in [-0.25, -0.2) is 0 Å². The fourth-order valence-corrected chi connectivity index (χ4v) is 6.03. The summed E-state index contributed by atoms with van der Waals surface area (Å²) >= 11 is 0. The lowest BCUT2D eigenvalue weighted by Crippen LogP contribution is -2.54. The van der Waals surface area contributed by atoms with E-state index in [9.17, 15) is 23.2 Å². The van der Waals surface area contributed by atoms with Crippen LogP contribution in [0.1, 0.15) is 42.9 Å². The summed E-state index contributed by atoms with van der Waals surface area (Å²) < 4.78 is 45.6. The quantitative estimate of drug-likeness (QED) is 0.405.